The van der Waals surface area contributed by atoms with Gasteiger partial charge in [-0.2, -0.15) is 5.26 Å². The van der Waals surface area contributed by atoms with Gasteiger partial charge in [-0.3, -0.25) is 4.79 Å². The predicted octanol–water partition coefficient (Wildman–Crippen LogP) is 1.24. The normalized spacial score (nSPS) is 10.2. The summed E-state index contributed by atoms with van der Waals surface area (Å²) in [6.07, 6.45) is 0. The van der Waals surface area contributed by atoms with Crippen LogP contribution < -0.4 is 15.5 Å². The van der Waals surface area contributed by atoms with E-state index in [9.17, 15) is 10.1 Å². The molecule has 0 aliphatic carbocycles. The van der Waals surface area contributed by atoms with Crippen molar-refractivity contribution in [3.05, 3.63) is 29.3 Å². The second-order valence-electron chi connectivity index (χ2n) is 5.07. The molecular formula is C15H22N4O. The van der Waals surface area contributed by atoms with Crippen molar-refractivity contribution < 1.29 is 4.79 Å². The number of amides is 1. The zero-order valence-corrected chi connectivity index (χ0v) is 12.5. The molecule has 1 rings (SSSR count). The molecular weight excluding hydrogens is 252 g/mol. The molecule has 1 aromatic rings. The van der Waals surface area contributed by atoms with Crippen LogP contribution in [0.5, 0.6) is 0 Å². The molecule has 108 valence electrons. The Hall–Kier alpha value is -2.06. The molecule has 0 saturated carbocycles. The van der Waals surface area contributed by atoms with Crippen molar-refractivity contribution in [3.63, 3.8) is 0 Å². The fourth-order valence-electron chi connectivity index (χ4n) is 1.99. The van der Waals surface area contributed by atoms with Gasteiger partial charge in [0.2, 0.25) is 5.91 Å². The molecule has 0 fully saturated rings. The molecule has 20 heavy (non-hydrogen) atoms. The number of benzene rings is 1. The molecule has 5 nitrogen and oxygen atoms in total. The van der Waals surface area contributed by atoms with Gasteiger partial charge in [0.25, 0.3) is 0 Å². The van der Waals surface area contributed by atoms with E-state index in [1.165, 1.54) is 0 Å². The van der Waals surface area contributed by atoms with Crippen LogP contribution in [0.15, 0.2) is 18.2 Å². The van der Waals surface area contributed by atoms with Gasteiger partial charge in [-0.25, -0.2) is 0 Å². The number of nitrogens with zero attached hydrogens (tertiary/aromatic N) is 2. The van der Waals surface area contributed by atoms with E-state index >= 15 is 0 Å². The summed E-state index contributed by atoms with van der Waals surface area (Å²) in [4.78, 5) is 13.6. The third-order valence-electron chi connectivity index (χ3n) is 2.80. The van der Waals surface area contributed by atoms with Crippen LogP contribution in [0.2, 0.25) is 0 Å². The highest BCUT2D eigenvalue weighted by Gasteiger charge is 2.12. The minimum Gasteiger partial charge on any atom is -0.364 e. The van der Waals surface area contributed by atoms with Crippen molar-refractivity contribution in [2.45, 2.75) is 26.4 Å². The lowest BCUT2D eigenvalue weighted by Crippen LogP contribution is -2.38. The fraction of sp³-hybridized carbons (Fsp3) is 0.467. The lowest BCUT2D eigenvalue weighted by Gasteiger charge is -2.21. The summed E-state index contributed by atoms with van der Waals surface area (Å²) in [5.74, 6) is -0.0503. The molecule has 0 aliphatic rings. The van der Waals surface area contributed by atoms with Gasteiger partial charge in [-0.05, 0) is 38.6 Å². The summed E-state index contributed by atoms with van der Waals surface area (Å²) in [6, 6.07) is 8.00. The van der Waals surface area contributed by atoms with E-state index in [2.05, 4.69) is 16.7 Å². The summed E-state index contributed by atoms with van der Waals surface area (Å²) in [7, 11) is 3.68. The van der Waals surface area contributed by atoms with Crippen LogP contribution in [0.4, 0.5) is 5.69 Å². The van der Waals surface area contributed by atoms with Crippen LogP contribution in [0.1, 0.15) is 25.0 Å². The van der Waals surface area contributed by atoms with E-state index in [0.717, 1.165) is 11.3 Å². The number of nitriles is 1. The summed E-state index contributed by atoms with van der Waals surface area (Å²) >= 11 is 0. The first-order valence-electron chi connectivity index (χ1n) is 6.66. The Morgan fingerprint density at radius 2 is 2.15 bits per heavy atom. The number of hydrogen-bond acceptors (Lipinski definition) is 4. The predicted molar refractivity (Wildman–Crippen MR) is 80.5 cm³/mol. The maximum absolute atomic E-state index is 11.8. The molecule has 5 heteroatoms. The maximum Gasteiger partial charge on any atom is 0.239 e. The van der Waals surface area contributed by atoms with Crippen molar-refractivity contribution >= 4 is 11.6 Å². The van der Waals surface area contributed by atoms with E-state index in [0.29, 0.717) is 12.1 Å². The summed E-state index contributed by atoms with van der Waals surface area (Å²) < 4.78 is 0. The van der Waals surface area contributed by atoms with Crippen molar-refractivity contribution in [2.24, 2.45) is 0 Å². The Kier molecular flexibility index (Phi) is 6.01. The molecule has 0 atom stereocenters. The molecule has 0 spiro atoms. The highest BCUT2D eigenvalue weighted by molar-refractivity contribution is 5.82. The summed E-state index contributed by atoms with van der Waals surface area (Å²) in [6.45, 7) is 4.79. The van der Waals surface area contributed by atoms with Crippen molar-refractivity contribution in [3.8, 4) is 6.07 Å². The molecule has 1 amide bonds. The van der Waals surface area contributed by atoms with Gasteiger partial charge in [0, 0.05) is 19.6 Å². The van der Waals surface area contributed by atoms with Gasteiger partial charge < -0.3 is 15.5 Å². The molecule has 0 unspecified atom stereocenters. The van der Waals surface area contributed by atoms with Crippen molar-refractivity contribution in [2.75, 3.05) is 25.5 Å². The quantitative estimate of drug-likeness (QED) is 0.819. The third kappa shape index (κ3) is 4.56. The fourth-order valence-corrected chi connectivity index (χ4v) is 1.99. The van der Waals surface area contributed by atoms with Gasteiger partial charge in [0.15, 0.2) is 0 Å². The second-order valence-corrected chi connectivity index (χ2v) is 5.07. The van der Waals surface area contributed by atoms with E-state index < -0.39 is 0 Å². The Labute approximate surface area is 120 Å². The number of carbonyl (C=O) groups excluding carboxylic acids is 1. The van der Waals surface area contributed by atoms with Gasteiger partial charge >= 0.3 is 0 Å². The van der Waals surface area contributed by atoms with E-state index in [4.69, 9.17) is 0 Å². The van der Waals surface area contributed by atoms with Crippen LogP contribution in [0, 0.1) is 11.3 Å². The van der Waals surface area contributed by atoms with E-state index in [1.807, 2.05) is 46.1 Å². The minimum absolute atomic E-state index is 0.0503. The van der Waals surface area contributed by atoms with Crippen LogP contribution in [0.25, 0.3) is 0 Å². The lowest BCUT2D eigenvalue weighted by molar-refractivity contribution is -0.120. The zero-order chi connectivity index (χ0) is 15.1. The van der Waals surface area contributed by atoms with Crippen LogP contribution in [-0.2, 0) is 11.3 Å². The smallest absolute Gasteiger partial charge is 0.239 e. The Balaban J connectivity index is 2.85. The highest BCUT2D eigenvalue weighted by atomic mass is 16.2. The average molecular weight is 274 g/mol. The van der Waals surface area contributed by atoms with Crippen LogP contribution in [0.3, 0.4) is 0 Å². The summed E-state index contributed by atoms with van der Waals surface area (Å²) in [5, 5.41) is 15.1. The molecule has 0 aliphatic heterocycles. The minimum atomic E-state index is -0.0503. The second kappa shape index (κ2) is 7.51. The first-order valence-corrected chi connectivity index (χ1v) is 6.66. The molecule has 0 saturated heterocycles. The Bertz CT molecular complexity index is 505. The number of rotatable bonds is 6. The maximum atomic E-state index is 11.8. The van der Waals surface area contributed by atoms with Gasteiger partial charge in [0.05, 0.1) is 17.8 Å². The van der Waals surface area contributed by atoms with E-state index in [1.54, 1.807) is 4.90 Å². The molecule has 2 N–H and O–H groups in total. The first kappa shape index (κ1) is 16.0. The number of anilines is 1. The SMILES string of the molecule is CNCc1ccc(N(C)CC(=O)NC(C)C)c(C#N)c1. The monoisotopic (exact) mass is 274 g/mol. The van der Waals surface area contributed by atoms with Gasteiger partial charge in [-0.15, -0.1) is 0 Å². The Morgan fingerprint density at radius 3 is 2.70 bits per heavy atom. The van der Waals surface area contributed by atoms with Crippen molar-refractivity contribution in [1.82, 2.24) is 10.6 Å². The third-order valence-corrected chi connectivity index (χ3v) is 2.80. The number of nitrogens with one attached hydrogen (secondary N) is 2. The molecule has 0 heterocycles. The van der Waals surface area contributed by atoms with Gasteiger partial charge in [0.1, 0.15) is 6.07 Å². The number of carbonyl (C=O) groups is 1. The zero-order valence-electron chi connectivity index (χ0n) is 12.5. The molecule has 0 bridgehead atoms. The molecule has 0 radical (unpaired) electrons. The molecule has 1 aromatic carbocycles. The lowest BCUT2D eigenvalue weighted by atomic mass is 10.1. The standard InChI is InChI=1S/C15H22N4O/c1-11(2)18-15(20)10-19(4)14-6-5-12(9-17-3)7-13(14)8-16/h5-7,11,17H,9-10H2,1-4H3,(H,18,20). The topological polar surface area (TPSA) is 68.2 Å². The number of hydrogen-bond donors (Lipinski definition) is 2. The number of likely N-dealkylation sites (N-methyl/N-ethyl adjacent to an activating group) is 1. The van der Waals surface area contributed by atoms with Crippen molar-refractivity contribution in [1.29, 1.82) is 5.26 Å². The summed E-state index contributed by atoms with van der Waals surface area (Å²) in [5.41, 5.74) is 2.40. The average Bonchev–Trinajstić information content (AvgIpc) is 2.37. The largest absolute Gasteiger partial charge is 0.364 e. The van der Waals surface area contributed by atoms with Crippen LogP contribution >= 0.6 is 0 Å². The van der Waals surface area contributed by atoms with Gasteiger partial charge in [-0.1, -0.05) is 6.07 Å². The van der Waals surface area contributed by atoms with E-state index in [-0.39, 0.29) is 18.5 Å². The Morgan fingerprint density at radius 1 is 1.45 bits per heavy atom. The van der Waals surface area contributed by atoms with Crippen LogP contribution in [-0.4, -0.2) is 32.6 Å². The first-order chi connectivity index (χ1) is 9.47. The highest BCUT2D eigenvalue weighted by Crippen LogP contribution is 2.20. The molecule has 0 aromatic heterocycles.